The van der Waals surface area contributed by atoms with Crippen LogP contribution in [0.5, 0.6) is 0 Å². The number of nitrogen functional groups attached to an aromatic ring is 1. The first-order chi connectivity index (χ1) is 6.68. The standard InChI is InChI=1S/C10H11ClN2O/c11-8-6-7(12)3-4-9(8)13-5-1-2-10(13)14/h3-4,6H,1-2,5,12H2. The monoisotopic (exact) mass is 210 g/mol. The molecule has 0 aliphatic carbocycles. The molecule has 1 aromatic rings. The van der Waals surface area contributed by atoms with Gasteiger partial charge >= 0.3 is 0 Å². The van der Waals surface area contributed by atoms with E-state index in [1.54, 1.807) is 23.1 Å². The first kappa shape index (κ1) is 9.34. The quantitative estimate of drug-likeness (QED) is 0.722. The average molecular weight is 211 g/mol. The van der Waals surface area contributed by atoms with Gasteiger partial charge in [-0.15, -0.1) is 0 Å². The maximum Gasteiger partial charge on any atom is 0.227 e. The number of amides is 1. The molecular formula is C10H11ClN2O. The number of hydrogen-bond donors (Lipinski definition) is 1. The molecule has 1 aliphatic rings. The molecule has 1 aliphatic heterocycles. The van der Waals surface area contributed by atoms with Crippen LogP contribution in [0.1, 0.15) is 12.8 Å². The molecule has 0 atom stereocenters. The zero-order chi connectivity index (χ0) is 10.1. The van der Waals surface area contributed by atoms with Gasteiger partial charge in [-0.1, -0.05) is 11.6 Å². The highest BCUT2D eigenvalue weighted by Gasteiger charge is 2.23. The van der Waals surface area contributed by atoms with Crippen LogP contribution in [-0.2, 0) is 4.79 Å². The molecule has 1 amide bonds. The molecule has 2 rings (SSSR count). The second-order valence-electron chi connectivity index (χ2n) is 3.36. The fourth-order valence-electron chi connectivity index (χ4n) is 1.64. The van der Waals surface area contributed by atoms with Gasteiger partial charge in [-0.25, -0.2) is 0 Å². The fraction of sp³-hybridized carbons (Fsp3) is 0.300. The van der Waals surface area contributed by atoms with E-state index in [9.17, 15) is 4.79 Å². The van der Waals surface area contributed by atoms with Gasteiger partial charge in [0.1, 0.15) is 0 Å². The van der Waals surface area contributed by atoms with Crippen LogP contribution in [0.4, 0.5) is 11.4 Å². The van der Waals surface area contributed by atoms with Crippen molar-refractivity contribution >= 4 is 28.9 Å². The van der Waals surface area contributed by atoms with Gasteiger partial charge in [0, 0.05) is 18.7 Å². The summed E-state index contributed by atoms with van der Waals surface area (Å²) in [5.74, 6) is 0.136. The fourth-order valence-corrected chi connectivity index (χ4v) is 1.94. The van der Waals surface area contributed by atoms with Gasteiger partial charge in [-0.2, -0.15) is 0 Å². The first-order valence-electron chi connectivity index (χ1n) is 4.54. The number of halogens is 1. The summed E-state index contributed by atoms with van der Waals surface area (Å²) in [5.41, 5.74) is 6.96. The predicted molar refractivity (Wildman–Crippen MR) is 57.5 cm³/mol. The summed E-state index contributed by atoms with van der Waals surface area (Å²) in [4.78, 5) is 13.2. The Hall–Kier alpha value is -1.22. The third kappa shape index (κ3) is 1.55. The third-order valence-electron chi connectivity index (χ3n) is 2.34. The molecule has 3 nitrogen and oxygen atoms in total. The van der Waals surface area contributed by atoms with Crippen LogP contribution in [-0.4, -0.2) is 12.5 Å². The van der Waals surface area contributed by atoms with Crippen molar-refractivity contribution in [1.82, 2.24) is 0 Å². The molecule has 0 spiro atoms. The molecule has 0 aromatic heterocycles. The lowest BCUT2D eigenvalue weighted by atomic mass is 10.2. The Morgan fingerprint density at radius 3 is 2.79 bits per heavy atom. The number of rotatable bonds is 1. The van der Waals surface area contributed by atoms with E-state index in [1.165, 1.54) is 0 Å². The van der Waals surface area contributed by atoms with E-state index in [-0.39, 0.29) is 5.91 Å². The Morgan fingerprint density at radius 1 is 1.43 bits per heavy atom. The number of anilines is 2. The number of carbonyl (C=O) groups is 1. The van der Waals surface area contributed by atoms with E-state index in [0.717, 1.165) is 18.7 Å². The molecule has 4 heteroatoms. The van der Waals surface area contributed by atoms with Crippen molar-refractivity contribution in [2.45, 2.75) is 12.8 Å². The molecule has 0 unspecified atom stereocenters. The molecular weight excluding hydrogens is 200 g/mol. The Balaban J connectivity index is 2.36. The summed E-state index contributed by atoms with van der Waals surface area (Å²) >= 11 is 6.00. The second kappa shape index (κ2) is 3.50. The summed E-state index contributed by atoms with van der Waals surface area (Å²) in [5, 5.41) is 0.542. The normalized spacial score (nSPS) is 16.4. The van der Waals surface area contributed by atoms with Crippen LogP contribution in [0.25, 0.3) is 0 Å². The maximum absolute atomic E-state index is 11.4. The average Bonchev–Trinajstić information content (AvgIpc) is 2.52. The van der Waals surface area contributed by atoms with Crippen LogP contribution in [0.2, 0.25) is 5.02 Å². The summed E-state index contributed by atoms with van der Waals surface area (Å²) in [7, 11) is 0. The zero-order valence-electron chi connectivity index (χ0n) is 7.66. The number of benzene rings is 1. The molecule has 1 saturated heterocycles. The van der Waals surface area contributed by atoms with E-state index < -0.39 is 0 Å². The minimum absolute atomic E-state index is 0.136. The van der Waals surface area contributed by atoms with Gasteiger partial charge in [0.15, 0.2) is 0 Å². The van der Waals surface area contributed by atoms with E-state index in [2.05, 4.69) is 0 Å². The lowest BCUT2D eigenvalue weighted by Crippen LogP contribution is -2.23. The summed E-state index contributed by atoms with van der Waals surface area (Å²) < 4.78 is 0. The SMILES string of the molecule is Nc1ccc(N2CCCC2=O)c(Cl)c1. The van der Waals surface area contributed by atoms with Gasteiger partial charge in [-0.05, 0) is 24.6 Å². The second-order valence-corrected chi connectivity index (χ2v) is 3.77. The Bertz CT molecular complexity index is 378. The van der Waals surface area contributed by atoms with Crippen molar-refractivity contribution in [1.29, 1.82) is 0 Å². The number of nitrogens with two attached hydrogens (primary N) is 1. The Labute approximate surface area is 87.4 Å². The zero-order valence-corrected chi connectivity index (χ0v) is 8.42. The largest absolute Gasteiger partial charge is 0.399 e. The van der Waals surface area contributed by atoms with Crippen LogP contribution >= 0.6 is 11.6 Å². The van der Waals surface area contributed by atoms with Crippen LogP contribution in [0.15, 0.2) is 18.2 Å². The summed E-state index contributed by atoms with van der Waals surface area (Å²) in [6.45, 7) is 0.752. The number of carbonyl (C=O) groups excluding carboxylic acids is 1. The molecule has 0 bridgehead atoms. The van der Waals surface area contributed by atoms with E-state index in [4.69, 9.17) is 17.3 Å². The van der Waals surface area contributed by atoms with Crippen molar-refractivity contribution in [3.05, 3.63) is 23.2 Å². The smallest absolute Gasteiger partial charge is 0.227 e. The molecule has 14 heavy (non-hydrogen) atoms. The van der Waals surface area contributed by atoms with Crippen molar-refractivity contribution in [3.63, 3.8) is 0 Å². The highest BCUT2D eigenvalue weighted by molar-refractivity contribution is 6.34. The Morgan fingerprint density at radius 2 is 2.21 bits per heavy atom. The van der Waals surface area contributed by atoms with Gasteiger partial charge < -0.3 is 10.6 Å². The van der Waals surface area contributed by atoms with Gasteiger partial charge in [0.05, 0.1) is 10.7 Å². The highest BCUT2D eigenvalue weighted by Crippen LogP contribution is 2.30. The van der Waals surface area contributed by atoms with Gasteiger partial charge in [0.2, 0.25) is 5.91 Å². The highest BCUT2D eigenvalue weighted by atomic mass is 35.5. The van der Waals surface area contributed by atoms with Crippen molar-refractivity contribution in [3.8, 4) is 0 Å². The topological polar surface area (TPSA) is 46.3 Å². The Kier molecular flexibility index (Phi) is 2.33. The third-order valence-corrected chi connectivity index (χ3v) is 2.64. The van der Waals surface area contributed by atoms with Crippen LogP contribution in [0, 0.1) is 0 Å². The van der Waals surface area contributed by atoms with Gasteiger partial charge in [-0.3, -0.25) is 4.79 Å². The van der Waals surface area contributed by atoms with Crippen LogP contribution < -0.4 is 10.6 Å². The van der Waals surface area contributed by atoms with E-state index >= 15 is 0 Å². The van der Waals surface area contributed by atoms with Crippen molar-refractivity contribution < 1.29 is 4.79 Å². The minimum atomic E-state index is 0.136. The van der Waals surface area contributed by atoms with Crippen LogP contribution in [0.3, 0.4) is 0 Å². The molecule has 1 heterocycles. The molecule has 74 valence electrons. The lowest BCUT2D eigenvalue weighted by molar-refractivity contribution is -0.117. The molecule has 2 N–H and O–H groups in total. The maximum atomic E-state index is 11.4. The predicted octanol–water partition coefficient (Wildman–Crippen LogP) is 2.05. The first-order valence-corrected chi connectivity index (χ1v) is 4.91. The van der Waals surface area contributed by atoms with Crippen molar-refractivity contribution in [2.24, 2.45) is 0 Å². The summed E-state index contributed by atoms with van der Waals surface area (Å²) in [6.07, 6.45) is 1.51. The van der Waals surface area contributed by atoms with E-state index in [1.807, 2.05) is 0 Å². The van der Waals surface area contributed by atoms with E-state index in [0.29, 0.717) is 17.1 Å². The van der Waals surface area contributed by atoms with Crippen molar-refractivity contribution in [2.75, 3.05) is 17.2 Å². The molecule has 1 fully saturated rings. The minimum Gasteiger partial charge on any atom is -0.399 e. The summed E-state index contributed by atoms with van der Waals surface area (Å²) in [6, 6.07) is 5.22. The number of nitrogens with zero attached hydrogens (tertiary/aromatic N) is 1. The molecule has 1 aromatic carbocycles. The van der Waals surface area contributed by atoms with Gasteiger partial charge in [0.25, 0.3) is 0 Å². The number of hydrogen-bond acceptors (Lipinski definition) is 2. The molecule has 0 saturated carbocycles. The lowest BCUT2D eigenvalue weighted by Gasteiger charge is -2.17. The molecule has 0 radical (unpaired) electrons.